The lowest BCUT2D eigenvalue weighted by atomic mass is 10.1. The highest BCUT2D eigenvalue weighted by molar-refractivity contribution is 7.16. The average molecular weight is 516 g/mol. The Morgan fingerprint density at radius 3 is 2.53 bits per heavy atom. The number of anilines is 1. The van der Waals surface area contributed by atoms with E-state index in [0.29, 0.717) is 5.69 Å². The molecule has 7 nitrogen and oxygen atoms in total. The van der Waals surface area contributed by atoms with Gasteiger partial charge in [0.2, 0.25) is 0 Å². The van der Waals surface area contributed by atoms with Gasteiger partial charge in [0.25, 0.3) is 11.5 Å². The largest absolute Gasteiger partial charge is 0.461 e. The van der Waals surface area contributed by atoms with E-state index in [1.807, 2.05) is 13.8 Å². The molecular formula is C25H20F3N3O4S. The van der Waals surface area contributed by atoms with Crippen LogP contribution in [0.4, 0.5) is 18.2 Å². The van der Waals surface area contributed by atoms with Crippen molar-refractivity contribution in [2.24, 2.45) is 0 Å². The molecule has 4 aromatic rings. The van der Waals surface area contributed by atoms with E-state index in [2.05, 4.69) is 10.4 Å². The van der Waals surface area contributed by atoms with Crippen LogP contribution < -0.4 is 10.9 Å². The first kappa shape index (κ1) is 25.1. The molecule has 1 amide bonds. The number of rotatable bonds is 5. The van der Waals surface area contributed by atoms with Gasteiger partial charge in [-0.15, -0.1) is 11.3 Å². The van der Waals surface area contributed by atoms with Gasteiger partial charge in [0.15, 0.2) is 5.69 Å². The van der Waals surface area contributed by atoms with Crippen molar-refractivity contribution < 1.29 is 27.5 Å². The smallest absolute Gasteiger partial charge is 0.416 e. The first-order chi connectivity index (χ1) is 17.0. The first-order valence-corrected chi connectivity index (χ1v) is 11.7. The second-order valence-electron chi connectivity index (χ2n) is 7.94. The van der Waals surface area contributed by atoms with Crippen molar-refractivity contribution in [2.45, 2.75) is 26.9 Å². The number of ether oxygens (including phenoxy) is 1. The van der Waals surface area contributed by atoms with E-state index >= 15 is 0 Å². The molecule has 4 rings (SSSR count). The minimum Gasteiger partial charge on any atom is -0.461 e. The van der Waals surface area contributed by atoms with Gasteiger partial charge in [-0.3, -0.25) is 9.59 Å². The van der Waals surface area contributed by atoms with Crippen molar-refractivity contribution in [2.75, 3.05) is 11.9 Å². The second-order valence-corrected chi connectivity index (χ2v) is 8.82. The third kappa shape index (κ3) is 4.74. The molecule has 0 saturated heterocycles. The molecule has 11 heteroatoms. The van der Waals surface area contributed by atoms with Gasteiger partial charge in [0, 0.05) is 16.3 Å². The quantitative estimate of drug-likeness (QED) is 0.354. The molecule has 1 N–H and O–H groups in total. The van der Waals surface area contributed by atoms with Gasteiger partial charge in [-0.2, -0.15) is 23.0 Å². The number of aryl methyl sites for hydroxylation is 2. The molecule has 36 heavy (non-hydrogen) atoms. The number of nitrogens with one attached hydrogen (secondary N) is 1. The molecule has 0 fully saturated rings. The summed E-state index contributed by atoms with van der Waals surface area (Å²) in [6, 6.07) is 9.15. The highest BCUT2D eigenvalue weighted by Crippen LogP contribution is 2.32. The number of carbonyl (C=O) groups excluding carboxylic acids is 2. The monoisotopic (exact) mass is 515 g/mol. The highest BCUT2D eigenvalue weighted by Gasteiger charge is 2.31. The zero-order valence-electron chi connectivity index (χ0n) is 19.4. The molecule has 0 aliphatic carbocycles. The van der Waals surface area contributed by atoms with Gasteiger partial charge in [0.05, 0.1) is 23.2 Å². The van der Waals surface area contributed by atoms with Crippen LogP contribution in [-0.4, -0.2) is 28.3 Å². The number of amides is 1. The van der Waals surface area contributed by atoms with Crippen LogP contribution in [0.15, 0.2) is 52.6 Å². The van der Waals surface area contributed by atoms with Crippen molar-refractivity contribution in [3.63, 3.8) is 0 Å². The molecule has 0 spiro atoms. The number of fused-ring (bicyclic) bond motifs is 1. The lowest BCUT2D eigenvalue weighted by molar-refractivity contribution is -0.137. The summed E-state index contributed by atoms with van der Waals surface area (Å²) in [6.45, 7) is 5.47. The van der Waals surface area contributed by atoms with E-state index < -0.39 is 29.2 Å². The third-order valence-corrected chi connectivity index (χ3v) is 6.43. The molecule has 2 aromatic heterocycles. The molecule has 0 aliphatic heterocycles. The van der Waals surface area contributed by atoms with Crippen molar-refractivity contribution in [1.29, 1.82) is 0 Å². The van der Waals surface area contributed by atoms with Crippen LogP contribution in [0.3, 0.4) is 0 Å². The third-order valence-electron chi connectivity index (χ3n) is 5.54. The second kappa shape index (κ2) is 9.57. The van der Waals surface area contributed by atoms with E-state index in [0.717, 1.165) is 45.3 Å². The first-order valence-electron chi connectivity index (χ1n) is 10.8. The van der Waals surface area contributed by atoms with Crippen molar-refractivity contribution in [1.82, 2.24) is 9.78 Å². The number of hydrogen-bond acceptors (Lipinski definition) is 6. The summed E-state index contributed by atoms with van der Waals surface area (Å²) in [5.74, 6) is -1.59. The summed E-state index contributed by atoms with van der Waals surface area (Å²) in [4.78, 5) is 39.0. The predicted octanol–water partition coefficient (Wildman–Crippen LogP) is 5.51. The van der Waals surface area contributed by atoms with Crippen LogP contribution in [0, 0.1) is 13.8 Å². The Kier molecular flexibility index (Phi) is 6.68. The SMILES string of the molecule is CCOC(=O)c1nn(-c2ccc(C)c(C)c2)c(=O)c2c(NC(=O)c3cccc(C(F)(F)F)c3)scc12. The fourth-order valence-electron chi connectivity index (χ4n) is 3.54. The molecule has 0 unspecified atom stereocenters. The maximum atomic E-state index is 13.5. The van der Waals surface area contributed by atoms with Crippen LogP contribution in [0.2, 0.25) is 0 Å². The Balaban J connectivity index is 1.86. The number of esters is 1. The van der Waals surface area contributed by atoms with E-state index in [4.69, 9.17) is 4.74 Å². The molecule has 2 heterocycles. The van der Waals surface area contributed by atoms with E-state index in [9.17, 15) is 27.6 Å². The van der Waals surface area contributed by atoms with Gasteiger partial charge in [-0.25, -0.2) is 4.79 Å². The normalized spacial score (nSPS) is 11.5. The number of alkyl halides is 3. The Morgan fingerprint density at radius 2 is 1.86 bits per heavy atom. The predicted molar refractivity (Wildman–Crippen MR) is 130 cm³/mol. The molecular weight excluding hydrogens is 495 g/mol. The molecule has 0 atom stereocenters. The lowest BCUT2D eigenvalue weighted by Crippen LogP contribution is -2.25. The number of halogens is 3. The minimum absolute atomic E-state index is 0.00314. The maximum Gasteiger partial charge on any atom is 0.416 e. The Morgan fingerprint density at radius 1 is 1.11 bits per heavy atom. The van der Waals surface area contributed by atoms with Gasteiger partial charge in [-0.05, 0) is 62.2 Å². The Labute approximate surface area is 207 Å². The summed E-state index contributed by atoms with van der Waals surface area (Å²) >= 11 is 0.954. The van der Waals surface area contributed by atoms with Crippen molar-refractivity contribution in [3.8, 4) is 5.69 Å². The zero-order chi connectivity index (χ0) is 26.2. The van der Waals surface area contributed by atoms with Crippen LogP contribution in [0.25, 0.3) is 16.5 Å². The van der Waals surface area contributed by atoms with E-state index in [-0.39, 0.29) is 33.6 Å². The molecule has 0 aliphatic rings. The number of thiophene rings is 1. The topological polar surface area (TPSA) is 90.3 Å². The van der Waals surface area contributed by atoms with Gasteiger partial charge < -0.3 is 10.1 Å². The van der Waals surface area contributed by atoms with E-state index in [1.54, 1.807) is 25.1 Å². The van der Waals surface area contributed by atoms with Crippen molar-refractivity contribution in [3.05, 3.63) is 86.1 Å². The minimum atomic E-state index is -4.62. The average Bonchev–Trinajstić information content (AvgIpc) is 3.25. The molecule has 0 saturated carbocycles. The number of nitrogens with zero attached hydrogens (tertiary/aromatic N) is 2. The van der Waals surface area contributed by atoms with Gasteiger partial charge in [0.1, 0.15) is 5.00 Å². The van der Waals surface area contributed by atoms with Crippen LogP contribution in [-0.2, 0) is 10.9 Å². The lowest BCUT2D eigenvalue weighted by Gasteiger charge is -2.11. The number of carbonyl (C=O) groups is 2. The van der Waals surface area contributed by atoms with Crippen LogP contribution in [0.5, 0.6) is 0 Å². The fourth-order valence-corrected chi connectivity index (χ4v) is 4.47. The summed E-state index contributed by atoms with van der Waals surface area (Å²) in [6.07, 6.45) is -4.62. The fraction of sp³-hybridized carbons (Fsp3) is 0.200. The van der Waals surface area contributed by atoms with Crippen LogP contribution >= 0.6 is 11.3 Å². The zero-order valence-corrected chi connectivity index (χ0v) is 20.2. The number of hydrogen-bond donors (Lipinski definition) is 1. The Bertz CT molecular complexity index is 1560. The van der Waals surface area contributed by atoms with Crippen LogP contribution in [0.1, 0.15) is 44.5 Å². The Hall–Kier alpha value is -3.99. The maximum absolute atomic E-state index is 13.5. The summed E-state index contributed by atoms with van der Waals surface area (Å²) < 4.78 is 45.4. The standard InChI is InChI=1S/C25H20F3N3O4S/c1-4-35-24(34)20-18-12-36-22(29-21(32)15-6-5-7-16(11-15)25(26,27)28)19(18)23(33)31(30-20)17-9-8-13(2)14(3)10-17/h5-12H,4H2,1-3H3,(H,29,32). The number of aromatic nitrogens is 2. The highest BCUT2D eigenvalue weighted by atomic mass is 32.1. The summed E-state index contributed by atoms with van der Waals surface area (Å²) in [7, 11) is 0. The molecule has 0 radical (unpaired) electrons. The molecule has 186 valence electrons. The van der Waals surface area contributed by atoms with Gasteiger partial charge >= 0.3 is 12.1 Å². The number of benzene rings is 2. The molecule has 2 aromatic carbocycles. The summed E-state index contributed by atoms with van der Waals surface area (Å²) in [5, 5.41) is 8.48. The molecule has 0 bridgehead atoms. The van der Waals surface area contributed by atoms with Gasteiger partial charge in [-0.1, -0.05) is 12.1 Å². The van der Waals surface area contributed by atoms with Crippen molar-refractivity contribution >= 4 is 39.0 Å². The van der Waals surface area contributed by atoms with E-state index in [1.165, 1.54) is 11.4 Å². The summed E-state index contributed by atoms with van der Waals surface area (Å²) in [5.41, 5.74) is 0.336.